The number of carbonyl (C=O) groups excluding carboxylic acids is 6. The predicted octanol–water partition coefficient (Wildman–Crippen LogP) is 1.66. The van der Waals surface area contributed by atoms with Crippen LogP contribution >= 0.6 is 0 Å². The van der Waals surface area contributed by atoms with Crippen molar-refractivity contribution in [3.63, 3.8) is 0 Å². The van der Waals surface area contributed by atoms with E-state index in [0.29, 0.717) is 0 Å². The van der Waals surface area contributed by atoms with Gasteiger partial charge >= 0.3 is 49.4 Å². The monoisotopic (exact) mass is 453 g/mol. The Hall–Kier alpha value is -0.396. The molecular formula is C15H24EuO6+3. The fourth-order valence-electron chi connectivity index (χ4n) is 1.05. The van der Waals surface area contributed by atoms with E-state index in [2.05, 4.69) is 0 Å². The Morgan fingerprint density at radius 2 is 0.500 bits per heavy atom. The summed E-state index contributed by atoms with van der Waals surface area (Å²) in [5.74, 6) is -0.375. The summed E-state index contributed by atoms with van der Waals surface area (Å²) in [4.78, 5) is 60.2. The van der Waals surface area contributed by atoms with Crippen molar-refractivity contribution < 1.29 is 78.1 Å². The predicted molar refractivity (Wildman–Crippen MR) is 77.9 cm³/mol. The van der Waals surface area contributed by atoms with Crippen LogP contribution in [0.2, 0.25) is 0 Å². The zero-order valence-corrected chi connectivity index (χ0v) is 16.4. The van der Waals surface area contributed by atoms with E-state index in [1.165, 1.54) is 41.5 Å². The molecule has 0 aromatic carbocycles. The second kappa shape index (κ2) is 18.7. The van der Waals surface area contributed by atoms with E-state index in [1.54, 1.807) is 0 Å². The normalized spacial score (nSPS) is 7.91. The van der Waals surface area contributed by atoms with Crippen molar-refractivity contribution in [1.82, 2.24) is 0 Å². The van der Waals surface area contributed by atoms with Crippen LogP contribution in [0.25, 0.3) is 0 Å². The van der Waals surface area contributed by atoms with E-state index in [9.17, 15) is 28.8 Å². The van der Waals surface area contributed by atoms with E-state index in [1.807, 2.05) is 0 Å². The molecule has 0 fully saturated rings. The SMILES string of the molecule is CC(=O)CC(C)=O.CC(=O)CC(C)=O.CC(=O)CC(C)=O.[Eu+3]. The molecule has 0 atom stereocenters. The van der Waals surface area contributed by atoms with Crippen LogP contribution in [-0.2, 0) is 28.8 Å². The number of Topliss-reactive ketones (excluding diaryl/α,β-unsaturated/α-hetero) is 6. The van der Waals surface area contributed by atoms with Crippen LogP contribution in [0.4, 0.5) is 0 Å². The van der Waals surface area contributed by atoms with E-state index in [0.717, 1.165) is 0 Å². The molecule has 0 unspecified atom stereocenters. The van der Waals surface area contributed by atoms with Crippen molar-refractivity contribution in [2.45, 2.75) is 60.8 Å². The number of carbonyl (C=O) groups is 6. The Kier molecular flexibility index (Phi) is 25.1. The molecule has 0 amide bonds. The Bertz CT molecular complexity index is 314. The maximum atomic E-state index is 10.0. The second-order valence-electron chi connectivity index (χ2n) is 4.74. The first-order valence-corrected chi connectivity index (χ1v) is 6.35. The van der Waals surface area contributed by atoms with Crippen LogP contribution in [0.15, 0.2) is 0 Å². The van der Waals surface area contributed by atoms with Crippen LogP contribution in [0, 0.1) is 49.4 Å². The van der Waals surface area contributed by atoms with Gasteiger partial charge in [-0.25, -0.2) is 0 Å². The minimum Gasteiger partial charge on any atom is -0.300 e. The largest absolute Gasteiger partial charge is 3.00 e. The van der Waals surface area contributed by atoms with Gasteiger partial charge in [0.25, 0.3) is 0 Å². The Morgan fingerprint density at radius 3 is 0.500 bits per heavy atom. The molecule has 0 bridgehead atoms. The van der Waals surface area contributed by atoms with E-state index < -0.39 is 0 Å². The van der Waals surface area contributed by atoms with Gasteiger partial charge < -0.3 is 0 Å². The van der Waals surface area contributed by atoms with Crippen molar-refractivity contribution >= 4 is 34.7 Å². The van der Waals surface area contributed by atoms with Crippen LogP contribution in [0.1, 0.15) is 60.8 Å². The third-order valence-corrected chi connectivity index (χ3v) is 1.49. The summed E-state index contributed by atoms with van der Waals surface area (Å²) in [5, 5.41) is 0. The quantitative estimate of drug-likeness (QED) is 0.568. The van der Waals surface area contributed by atoms with Gasteiger partial charge in [0.05, 0.1) is 19.3 Å². The maximum Gasteiger partial charge on any atom is 3.00 e. The molecule has 0 aliphatic heterocycles. The van der Waals surface area contributed by atoms with Crippen LogP contribution in [0.5, 0.6) is 0 Å². The second-order valence-corrected chi connectivity index (χ2v) is 4.74. The molecule has 0 rings (SSSR count). The standard InChI is InChI=1S/3C5H8O2.Eu/c3*1-4(6)3-5(2)7;/h3*3H2,1-2H3;/q;;;+3. The summed E-state index contributed by atoms with van der Waals surface area (Å²) in [6.45, 7) is 8.42. The summed E-state index contributed by atoms with van der Waals surface area (Å²) < 4.78 is 0. The number of hydrogen-bond donors (Lipinski definition) is 0. The molecule has 7 heteroatoms. The van der Waals surface area contributed by atoms with Gasteiger partial charge in [0.2, 0.25) is 0 Å². The molecule has 0 spiro atoms. The molecule has 0 aromatic heterocycles. The molecule has 0 aromatic rings. The molecule has 0 aliphatic carbocycles. The minimum absolute atomic E-state index is 0. The number of ketones is 6. The van der Waals surface area contributed by atoms with E-state index in [4.69, 9.17) is 0 Å². The molecule has 6 nitrogen and oxygen atoms in total. The third-order valence-electron chi connectivity index (χ3n) is 1.49. The average Bonchev–Trinajstić information content (AvgIpc) is 2.10. The molecule has 124 valence electrons. The van der Waals surface area contributed by atoms with Gasteiger partial charge in [-0.1, -0.05) is 0 Å². The Balaban J connectivity index is -0.000000108. The van der Waals surface area contributed by atoms with Gasteiger partial charge in [-0.3, -0.25) is 28.8 Å². The molecule has 0 radical (unpaired) electrons. The third kappa shape index (κ3) is 50.4. The molecule has 0 aliphatic rings. The molecular weight excluding hydrogens is 428 g/mol. The van der Waals surface area contributed by atoms with Gasteiger partial charge in [-0.2, -0.15) is 0 Å². The molecule has 0 N–H and O–H groups in total. The molecule has 22 heavy (non-hydrogen) atoms. The molecule has 0 saturated heterocycles. The maximum absolute atomic E-state index is 10.0. The van der Waals surface area contributed by atoms with Crippen molar-refractivity contribution in [2.24, 2.45) is 0 Å². The summed E-state index contributed by atoms with van der Waals surface area (Å²) in [6, 6.07) is 0. The van der Waals surface area contributed by atoms with Gasteiger partial charge in [0.15, 0.2) is 0 Å². The average molecular weight is 452 g/mol. The fourth-order valence-corrected chi connectivity index (χ4v) is 1.05. The summed E-state index contributed by atoms with van der Waals surface area (Å²) >= 11 is 0. The summed E-state index contributed by atoms with van der Waals surface area (Å²) in [5.41, 5.74) is 0. The minimum atomic E-state index is -0.0625. The fraction of sp³-hybridized carbons (Fsp3) is 0.600. The number of hydrogen-bond acceptors (Lipinski definition) is 6. The molecule has 0 heterocycles. The first kappa shape index (κ1) is 29.6. The van der Waals surface area contributed by atoms with Gasteiger partial charge in [-0.05, 0) is 41.5 Å². The van der Waals surface area contributed by atoms with Crippen molar-refractivity contribution in [3.05, 3.63) is 0 Å². The zero-order valence-electron chi connectivity index (χ0n) is 13.9. The van der Waals surface area contributed by atoms with E-state index in [-0.39, 0.29) is 103 Å². The first-order valence-electron chi connectivity index (χ1n) is 6.35. The number of rotatable bonds is 6. The Morgan fingerprint density at radius 1 is 0.409 bits per heavy atom. The van der Waals surface area contributed by atoms with Crippen molar-refractivity contribution in [2.75, 3.05) is 0 Å². The zero-order chi connectivity index (χ0) is 17.6. The van der Waals surface area contributed by atoms with Crippen LogP contribution in [0.3, 0.4) is 0 Å². The van der Waals surface area contributed by atoms with Crippen LogP contribution in [-0.4, -0.2) is 34.7 Å². The Labute approximate surface area is 172 Å². The summed E-state index contributed by atoms with van der Waals surface area (Å²) in [6.07, 6.45) is 0.250. The van der Waals surface area contributed by atoms with Crippen LogP contribution < -0.4 is 0 Å². The smallest absolute Gasteiger partial charge is 0.300 e. The van der Waals surface area contributed by atoms with Gasteiger partial charge in [0.1, 0.15) is 34.7 Å². The summed E-state index contributed by atoms with van der Waals surface area (Å²) in [7, 11) is 0. The van der Waals surface area contributed by atoms with Crippen molar-refractivity contribution in [3.8, 4) is 0 Å². The first-order chi connectivity index (χ1) is 9.38. The van der Waals surface area contributed by atoms with Gasteiger partial charge in [0, 0.05) is 0 Å². The topological polar surface area (TPSA) is 102 Å². The van der Waals surface area contributed by atoms with E-state index >= 15 is 0 Å². The van der Waals surface area contributed by atoms with Crippen molar-refractivity contribution in [1.29, 1.82) is 0 Å². The van der Waals surface area contributed by atoms with Gasteiger partial charge in [-0.15, -0.1) is 0 Å². The molecule has 0 saturated carbocycles.